The van der Waals surface area contributed by atoms with Gasteiger partial charge in [0.05, 0.1) is 13.1 Å². The Kier molecular flexibility index (Phi) is 3.82. The Morgan fingerprint density at radius 2 is 2.11 bits per heavy atom. The number of aryl methyl sites for hydroxylation is 2. The van der Waals surface area contributed by atoms with Gasteiger partial charge in [0, 0.05) is 23.8 Å². The van der Waals surface area contributed by atoms with E-state index in [-0.39, 0.29) is 17.4 Å². The van der Waals surface area contributed by atoms with E-state index in [9.17, 15) is 9.18 Å². The molecule has 6 heteroatoms. The fraction of sp³-hybridized carbons (Fsp3) is 0.318. The first kappa shape index (κ1) is 17.1. The number of benzene rings is 2. The summed E-state index contributed by atoms with van der Waals surface area (Å²) in [6, 6.07) is 12.8. The molecule has 2 aliphatic heterocycles. The SMILES string of the molecule is Cc1cc2cc(CNC(=O)N3CC4(CCc5ccc(F)cc5O4)C3)ccc2[nH]1. The topological polar surface area (TPSA) is 57.4 Å². The number of H-pyrrole nitrogens is 1. The molecule has 3 heterocycles. The van der Waals surface area contributed by atoms with E-state index in [0.717, 1.165) is 40.6 Å². The number of hydrogen-bond acceptors (Lipinski definition) is 2. The summed E-state index contributed by atoms with van der Waals surface area (Å²) in [6.45, 7) is 3.58. The first-order valence-corrected chi connectivity index (χ1v) is 9.58. The van der Waals surface area contributed by atoms with Crippen LogP contribution in [0.25, 0.3) is 10.9 Å². The van der Waals surface area contributed by atoms with E-state index in [0.29, 0.717) is 25.4 Å². The van der Waals surface area contributed by atoms with Gasteiger partial charge in [-0.25, -0.2) is 9.18 Å². The van der Waals surface area contributed by atoms with E-state index in [1.165, 1.54) is 12.1 Å². The van der Waals surface area contributed by atoms with Gasteiger partial charge >= 0.3 is 6.03 Å². The summed E-state index contributed by atoms with van der Waals surface area (Å²) in [6.07, 6.45) is 1.69. The van der Waals surface area contributed by atoms with Crippen LogP contribution in [0.5, 0.6) is 5.75 Å². The third kappa shape index (κ3) is 2.99. The van der Waals surface area contributed by atoms with Crippen molar-refractivity contribution in [3.8, 4) is 5.75 Å². The second kappa shape index (κ2) is 6.26. The van der Waals surface area contributed by atoms with Crippen molar-refractivity contribution in [2.75, 3.05) is 13.1 Å². The van der Waals surface area contributed by atoms with Gasteiger partial charge in [-0.2, -0.15) is 0 Å². The Balaban J connectivity index is 1.19. The maximum absolute atomic E-state index is 13.5. The molecule has 3 aromatic rings. The molecule has 1 aromatic heterocycles. The Bertz CT molecular complexity index is 1070. The zero-order chi connectivity index (χ0) is 19.3. The molecule has 1 fully saturated rings. The Morgan fingerprint density at radius 1 is 1.25 bits per heavy atom. The standard InChI is InChI=1S/C22H22FN3O2/c1-14-8-17-9-15(2-5-19(17)25-14)11-24-21(27)26-12-22(13-26)7-6-16-3-4-18(23)10-20(16)28-22/h2-5,8-10,25H,6-7,11-13H2,1H3,(H,24,27). The van der Waals surface area contributed by atoms with E-state index in [4.69, 9.17) is 4.74 Å². The van der Waals surface area contributed by atoms with Crippen LogP contribution in [-0.4, -0.2) is 34.6 Å². The molecule has 0 bridgehead atoms. The molecule has 2 N–H and O–H groups in total. The van der Waals surface area contributed by atoms with Crippen molar-refractivity contribution in [3.63, 3.8) is 0 Å². The highest BCUT2D eigenvalue weighted by atomic mass is 19.1. The molecule has 28 heavy (non-hydrogen) atoms. The Morgan fingerprint density at radius 3 is 2.96 bits per heavy atom. The van der Waals surface area contributed by atoms with Gasteiger partial charge in [0.1, 0.15) is 17.2 Å². The molecule has 0 radical (unpaired) electrons. The minimum absolute atomic E-state index is 0.0930. The number of nitrogens with one attached hydrogen (secondary N) is 2. The summed E-state index contributed by atoms with van der Waals surface area (Å²) in [5.74, 6) is 0.320. The smallest absolute Gasteiger partial charge is 0.317 e. The van der Waals surface area contributed by atoms with Crippen LogP contribution >= 0.6 is 0 Å². The number of aromatic amines is 1. The number of likely N-dealkylation sites (tertiary alicyclic amines) is 1. The molecule has 0 saturated carbocycles. The number of carbonyl (C=O) groups excluding carboxylic acids is 1. The zero-order valence-electron chi connectivity index (χ0n) is 15.7. The number of ether oxygens (including phenoxy) is 1. The highest BCUT2D eigenvalue weighted by molar-refractivity contribution is 5.81. The second-order valence-corrected chi connectivity index (χ2v) is 7.93. The molecule has 1 spiro atoms. The number of nitrogens with zero attached hydrogens (tertiary/aromatic N) is 1. The number of hydrogen-bond donors (Lipinski definition) is 2. The van der Waals surface area contributed by atoms with E-state index in [2.05, 4.69) is 22.4 Å². The van der Waals surface area contributed by atoms with Crippen LogP contribution in [0.2, 0.25) is 0 Å². The van der Waals surface area contributed by atoms with Gasteiger partial charge in [-0.05, 0) is 60.5 Å². The van der Waals surface area contributed by atoms with Crippen molar-refractivity contribution in [2.45, 2.75) is 31.9 Å². The lowest BCUT2D eigenvalue weighted by molar-refractivity contribution is -0.0679. The summed E-state index contributed by atoms with van der Waals surface area (Å²) >= 11 is 0. The number of fused-ring (bicyclic) bond motifs is 2. The van der Waals surface area contributed by atoms with E-state index in [1.54, 1.807) is 11.0 Å². The molecule has 0 unspecified atom stereocenters. The summed E-state index contributed by atoms with van der Waals surface area (Å²) in [5.41, 5.74) is 3.94. The van der Waals surface area contributed by atoms with E-state index >= 15 is 0 Å². The quantitative estimate of drug-likeness (QED) is 0.709. The molecular formula is C22H22FN3O2. The maximum Gasteiger partial charge on any atom is 0.317 e. The lowest BCUT2D eigenvalue weighted by Gasteiger charge is -2.51. The average molecular weight is 379 g/mol. The van der Waals surface area contributed by atoms with Gasteiger partial charge in [0.25, 0.3) is 0 Å². The number of halogens is 1. The van der Waals surface area contributed by atoms with Gasteiger partial charge in [0.2, 0.25) is 0 Å². The molecule has 144 valence electrons. The first-order chi connectivity index (χ1) is 13.5. The molecular weight excluding hydrogens is 357 g/mol. The first-order valence-electron chi connectivity index (χ1n) is 9.58. The van der Waals surface area contributed by atoms with Gasteiger partial charge in [-0.15, -0.1) is 0 Å². The number of urea groups is 1. The predicted molar refractivity (Wildman–Crippen MR) is 105 cm³/mol. The van der Waals surface area contributed by atoms with Gasteiger partial charge in [0.15, 0.2) is 0 Å². The van der Waals surface area contributed by atoms with Crippen LogP contribution in [0.1, 0.15) is 23.2 Å². The minimum atomic E-state index is -0.375. The fourth-order valence-electron chi connectivity index (χ4n) is 4.22. The molecule has 2 aromatic carbocycles. The van der Waals surface area contributed by atoms with Gasteiger partial charge in [-0.1, -0.05) is 12.1 Å². The van der Waals surface area contributed by atoms with Crippen LogP contribution in [0.3, 0.4) is 0 Å². The average Bonchev–Trinajstić information content (AvgIpc) is 3.02. The Hall–Kier alpha value is -3.02. The van der Waals surface area contributed by atoms with Crippen molar-refractivity contribution in [2.24, 2.45) is 0 Å². The van der Waals surface area contributed by atoms with Crippen molar-refractivity contribution in [1.29, 1.82) is 0 Å². The van der Waals surface area contributed by atoms with Crippen LogP contribution < -0.4 is 10.1 Å². The predicted octanol–water partition coefficient (Wildman–Crippen LogP) is 3.90. The molecule has 1 saturated heterocycles. The number of amides is 2. The van der Waals surface area contributed by atoms with E-state index in [1.807, 2.05) is 19.1 Å². The highest BCUT2D eigenvalue weighted by Gasteiger charge is 2.49. The molecule has 5 nitrogen and oxygen atoms in total. The van der Waals surface area contributed by atoms with E-state index < -0.39 is 0 Å². The molecule has 2 amide bonds. The van der Waals surface area contributed by atoms with Crippen LogP contribution in [0.15, 0.2) is 42.5 Å². The van der Waals surface area contributed by atoms with Crippen LogP contribution in [-0.2, 0) is 13.0 Å². The summed E-state index contributed by atoms with van der Waals surface area (Å²) in [7, 11) is 0. The molecule has 0 atom stereocenters. The lowest BCUT2D eigenvalue weighted by Crippen LogP contribution is -2.68. The van der Waals surface area contributed by atoms with Crippen molar-refractivity contribution < 1.29 is 13.9 Å². The summed E-state index contributed by atoms with van der Waals surface area (Å²) < 4.78 is 19.5. The molecule has 2 aliphatic rings. The number of carbonyl (C=O) groups is 1. The van der Waals surface area contributed by atoms with Gasteiger partial charge < -0.3 is 19.9 Å². The van der Waals surface area contributed by atoms with Crippen LogP contribution in [0, 0.1) is 12.7 Å². The largest absolute Gasteiger partial charge is 0.483 e. The summed E-state index contributed by atoms with van der Waals surface area (Å²) in [5, 5.41) is 4.13. The zero-order valence-corrected chi connectivity index (χ0v) is 15.7. The minimum Gasteiger partial charge on any atom is -0.483 e. The molecule has 0 aliphatic carbocycles. The third-order valence-corrected chi connectivity index (χ3v) is 5.71. The second-order valence-electron chi connectivity index (χ2n) is 7.93. The third-order valence-electron chi connectivity index (χ3n) is 5.71. The van der Waals surface area contributed by atoms with Crippen molar-refractivity contribution >= 4 is 16.9 Å². The van der Waals surface area contributed by atoms with Crippen LogP contribution in [0.4, 0.5) is 9.18 Å². The number of aromatic nitrogens is 1. The van der Waals surface area contributed by atoms with Crippen molar-refractivity contribution in [1.82, 2.24) is 15.2 Å². The number of rotatable bonds is 2. The molecule has 5 rings (SSSR count). The fourth-order valence-corrected chi connectivity index (χ4v) is 4.22. The lowest BCUT2D eigenvalue weighted by atomic mass is 9.84. The normalized spacial score (nSPS) is 17.1. The highest BCUT2D eigenvalue weighted by Crippen LogP contribution is 2.39. The monoisotopic (exact) mass is 379 g/mol. The maximum atomic E-state index is 13.5. The Labute approximate surface area is 162 Å². The summed E-state index contributed by atoms with van der Waals surface area (Å²) in [4.78, 5) is 17.5. The van der Waals surface area contributed by atoms with Gasteiger partial charge in [-0.3, -0.25) is 0 Å². The van der Waals surface area contributed by atoms with Crippen molar-refractivity contribution in [3.05, 3.63) is 65.1 Å².